The molecule has 2 rings (SSSR count). The van der Waals surface area contributed by atoms with Crippen LogP contribution in [0.3, 0.4) is 0 Å². The summed E-state index contributed by atoms with van der Waals surface area (Å²) in [5.74, 6) is -0.271. The van der Waals surface area contributed by atoms with Crippen molar-refractivity contribution in [2.45, 2.75) is 0 Å². The molecule has 2 aromatic rings. The van der Waals surface area contributed by atoms with Crippen molar-refractivity contribution in [2.75, 3.05) is 13.1 Å². The van der Waals surface area contributed by atoms with Crippen molar-refractivity contribution in [1.29, 1.82) is 0 Å². The summed E-state index contributed by atoms with van der Waals surface area (Å²) in [6.07, 6.45) is 1.45. The summed E-state index contributed by atoms with van der Waals surface area (Å²) < 4.78 is 1.51. The largest absolute Gasteiger partial charge is 0.351 e. The second-order valence-corrected chi connectivity index (χ2v) is 4.00. The number of carbonyl (C=O) groups is 1. The Balaban J connectivity index is 2.27. The van der Waals surface area contributed by atoms with Crippen molar-refractivity contribution in [2.24, 2.45) is 5.73 Å². The lowest BCUT2D eigenvalue weighted by Crippen LogP contribution is -2.28. The van der Waals surface area contributed by atoms with Gasteiger partial charge in [-0.3, -0.25) is 4.79 Å². The van der Waals surface area contributed by atoms with Gasteiger partial charge in [0.2, 0.25) is 0 Å². The first-order chi connectivity index (χ1) is 8.74. The second-order valence-electron chi connectivity index (χ2n) is 3.64. The molecule has 0 aliphatic heterocycles. The number of nitrogens with two attached hydrogens (primary N) is 1. The predicted molar refractivity (Wildman–Crippen MR) is 70.0 cm³/mol. The van der Waals surface area contributed by atoms with Crippen LogP contribution in [0.2, 0.25) is 5.15 Å². The monoisotopic (exact) mass is 264 g/mol. The first kappa shape index (κ1) is 12.6. The molecule has 94 valence electrons. The van der Waals surface area contributed by atoms with E-state index in [1.807, 2.05) is 30.3 Å². The fraction of sp³-hybridized carbons (Fsp3) is 0.167. The number of halogens is 1. The minimum atomic E-state index is -0.271. The summed E-state index contributed by atoms with van der Waals surface area (Å²) in [5, 5.41) is 7.05. The lowest BCUT2D eigenvalue weighted by atomic mass is 10.3. The van der Waals surface area contributed by atoms with Crippen LogP contribution in [-0.4, -0.2) is 28.8 Å². The molecule has 0 aliphatic rings. The topological polar surface area (TPSA) is 72.9 Å². The highest BCUT2D eigenvalue weighted by molar-refractivity contribution is 6.33. The van der Waals surface area contributed by atoms with Crippen molar-refractivity contribution in [3.8, 4) is 5.69 Å². The Kier molecular flexibility index (Phi) is 3.96. The molecule has 0 spiro atoms. The van der Waals surface area contributed by atoms with Crippen LogP contribution >= 0.6 is 11.6 Å². The highest BCUT2D eigenvalue weighted by atomic mass is 35.5. The summed E-state index contributed by atoms with van der Waals surface area (Å²) in [6, 6.07) is 9.37. The molecule has 1 aromatic carbocycles. The molecular formula is C12H13ClN4O. The minimum absolute atomic E-state index is 0.271. The van der Waals surface area contributed by atoms with Crippen LogP contribution in [0.25, 0.3) is 5.69 Å². The molecule has 3 N–H and O–H groups in total. The zero-order chi connectivity index (χ0) is 13.0. The van der Waals surface area contributed by atoms with Crippen molar-refractivity contribution < 1.29 is 4.79 Å². The Morgan fingerprint density at radius 1 is 1.39 bits per heavy atom. The van der Waals surface area contributed by atoms with Gasteiger partial charge in [0.25, 0.3) is 5.91 Å². The molecule has 0 bridgehead atoms. The smallest absolute Gasteiger partial charge is 0.256 e. The quantitative estimate of drug-likeness (QED) is 0.872. The number of benzene rings is 1. The van der Waals surface area contributed by atoms with Gasteiger partial charge in [-0.25, -0.2) is 4.68 Å². The van der Waals surface area contributed by atoms with E-state index in [0.717, 1.165) is 5.69 Å². The maximum absolute atomic E-state index is 11.8. The highest BCUT2D eigenvalue weighted by Crippen LogP contribution is 2.19. The van der Waals surface area contributed by atoms with Gasteiger partial charge in [-0.2, -0.15) is 5.10 Å². The van der Waals surface area contributed by atoms with E-state index in [1.165, 1.54) is 10.9 Å². The van der Waals surface area contributed by atoms with Gasteiger partial charge in [-0.1, -0.05) is 29.8 Å². The van der Waals surface area contributed by atoms with Crippen molar-refractivity contribution >= 4 is 17.5 Å². The molecule has 0 saturated carbocycles. The molecule has 1 aromatic heterocycles. The molecule has 0 radical (unpaired) electrons. The molecule has 0 saturated heterocycles. The first-order valence-corrected chi connectivity index (χ1v) is 5.89. The van der Waals surface area contributed by atoms with Crippen LogP contribution in [-0.2, 0) is 0 Å². The van der Waals surface area contributed by atoms with E-state index in [9.17, 15) is 4.79 Å². The number of aromatic nitrogens is 2. The van der Waals surface area contributed by atoms with Crippen LogP contribution in [0.5, 0.6) is 0 Å². The van der Waals surface area contributed by atoms with Gasteiger partial charge >= 0.3 is 0 Å². The Bertz CT molecular complexity index is 538. The lowest BCUT2D eigenvalue weighted by molar-refractivity contribution is 0.0955. The first-order valence-electron chi connectivity index (χ1n) is 5.51. The average Bonchev–Trinajstić information content (AvgIpc) is 2.79. The Labute approximate surface area is 110 Å². The Morgan fingerprint density at radius 3 is 2.78 bits per heavy atom. The Morgan fingerprint density at radius 2 is 2.11 bits per heavy atom. The normalized spacial score (nSPS) is 10.3. The summed E-state index contributed by atoms with van der Waals surface area (Å²) >= 11 is 6.14. The van der Waals surface area contributed by atoms with Crippen molar-refractivity contribution in [3.05, 3.63) is 47.2 Å². The number of nitrogens with one attached hydrogen (secondary N) is 1. The molecule has 0 unspecified atom stereocenters. The van der Waals surface area contributed by atoms with Gasteiger partial charge in [0.1, 0.15) is 5.15 Å². The summed E-state index contributed by atoms with van der Waals surface area (Å²) in [7, 11) is 0. The van der Waals surface area contributed by atoms with Crippen molar-refractivity contribution in [1.82, 2.24) is 15.1 Å². The second kappa shape index (κ2) is 5.66. The van der Waals surface area contributed by atoms with E-state index in [-0.39, 0.29) is 11.1 Å². The molecule has 1 heterocycles. The zero-order valence-electron chi connectivity index (χ0n) is 9.64. The summed E-state index contributed by atoms with van der Waals surface area (Å²) in [6.45, 7) is 0.794. The third-order valence-corrected chi connectivity index (χ3v) is 2.75. The number of para-hydroxylation sites is 1. The highest BCUT2D eigenvalue weighted by Gasteiger charge is 2.15. The van der Waals surface area contributed by atoms with Gasteiger partial charge in [-0.05, 0) is 12.1 Å². The summed E-state index contributed by atoms with van der Waals surface area (Å²) in [5.41, 5.74) is 6.47. The van der Waals surface area contributed by atoms with Crippen LogP contribution in [0.1, 0.15) is 10.4 Å². The molecular weight excluding hydrogens is 252 g/mol. The zero-order valence-corrected chi connectivity index (χ0v) is 10.4. The number of rotatable bonds is 4. The number of amides is 1. The van der Waals surface area contributed by atoms with Crippen LogP contribution < -0.4 is 11.1 Å². The number of hydrogen-bond donors (Lipinski definition) is 2. The van der Waals surface area contributed by atoms with Gasteiger partial charge in [0.15, 0.2) is 0 Å². The molecule has 0 aliphatic carbocycles. The van der Waals surface area contributed by atoms with E-state index in [0.29, 0.717) is 18.7 Å². The number of carbonyl (C=O) groups excluding carboxylic acids is 1. The predicted octanol–water partition coefficient (Wildman–Crippen LogP) is 1.21. The fourth-order valence-corrected chi connectivity index (χ4v) is 1.79. The van der Waals surface area contributed by atoms with E-state index < -0.39 is 0 Å². The summed E-state index contributed by atoms with van der Waals surface area (Å²) in [4.78, 5) is 11.8. The van der Waals surface area contributed by atoms with Gasteiger partial charge in [0.05, 0.1) is 17.4 Å². The van der Waals surface area contributed by atoms with Gasteiger partial charge < -0.3 is 11.1 Å². The van der Waals surface area contributed by atoms with E-state index >= 15 is 0 Å². The molecule has 18 heavy (non-hydrogen) atoms. The minimum Gasteiger partial charge on any atom is -0.351 e. The van der Waals surface area contributed by atoms with Gasteiger partial charge in [0, 0.05) is 13.1 Å². The molecule has 0 atom stereocenters. The van der Waals surface area contributed by atoms with Crippen LogP contribution in [0, 0.1) is 0 Å². The third kappa shape index (κ3) is 2.52. The Hall–Kier alpha value is -1.85. The molecule has 5 nitrogen and oxygen atoms in total. The average molecular weight is 265 g/mol. The molecule has 0 fully saturated rings. The van der Waals surface area contributed by atoms with E-state index in [1.54, 1.807) is 0 Å². The van der Waals surface area contributed by atoms with E-state index in [4.69, 9.17) is 17.3 Å². The third-order valence-electron chi connectivity index (χ3n) is 2.39. The molecule has 6 heteroatoms. The molecule has 1 amide bonds. The van der Waals surface area contributed by atoms with Crippen molar-refractivity contribution in [3.63, 3.8) is 0 Å². The standard InChI is InChI=1S/C12H13ClN4O/c13-11-10(12(18)15-7-6-14)8-16-17(11)9-4-2-1-3-5-9/h1-5,8H,6-7,14H2,(H,15,18). The number of hydrogen-bond acceptors (Lipinski definition) is 3. The maximum atomic E-state index is 11.8. The fourth-order valence-electron chi connectivity index (χ4n) is 1.52. The number of nitrogens with zero attached hydrogens (tertiary/aromatic N) is 2. The lowest BCUT2D eigenvalue weighted by Gasteiger charge is -2.04. The van der Waals surface area contributed by atoms with Crippen LogP contribution in [0.15, 0.2) is 36.5 Å². The van der Waals surface area contributed by atoms with E-state index in [2.05, 4.69) is 10.4 Å². The van der Waals surface area contributed by atoms with Crippen LogP contribution in [0.4, 0.5) is 0 Å². The van der Waals surface area contributed by atoms with Gasteiger partial charge in [-0.15, -0.1) is 0 Å². The SMILES string of the molecule is NCCNC(=O)c1cnn(-c2ccccc2)c1Cl. The maximum Gasteiger partial charge on any atom is 0.256 e.